The van der Waals surface area contributed by atoms with E-state index in [2.05, 4.69) is 26.2 Å². The number of ether oxygens (including phenoxy) is 1. The summed E-state index contributed by atoms with van der Waals surface area (Å²) in [4.78, 5) is 6.65. The summed E-state index contributed by atoms with van der Waals surface area (Å²) >= 11 is 0. The van der Waals surface area contributed by atoms with Crippen molar-refractivity contribution in [2.45, 2.75) is 39.3 Å². The average molecular weight is 339 g/mol. The van der Waals surface area contributed by atoms with Gasteiger partial charge in [-0.1, -0.05) is 11.2 Å². The number of aryl methyl sites for hydroxylation is 1. The minimum atomic E-state index is 0.0381. The highest BCUT2D eigenvalue weighted by atomic mass is 16.5. The van der Waals surface area contributed by atoms with Crippen molar-refractivity contribution in [3.8, 4) is 0 Å². The third-order valence-electron chi connectivity index (χ3n) is 4.28. The zero-order valence-electron chi connectivity index (χ0n) is 14.2. The molecule has 130 valence electrons. The molecule has 7 heteroatoms. The third-order valence-corrected chi connectivity index (χ3v) is 4.28. The Hall–Kier alpha value is -2.51. The van der Waals surface area contributed by atoms with Crippen LogP contribution in [0.2, 0.25) is 0 Å². The number of pyridine rings is 1. The summed E-state index contributed by atoms with van der Waals surface area (Å²) in [6.45, 7) is 5.50. The summed E-state index contributed by atoms with van der Waals surface area (Å²) in [5, 5.41) is 8.54. The van der Waals surface area contributed by atoms with Crippen LogP contribution in [0.5, 0.6) is 0 Å². The van der Waals surface area contributed by atoms with E-state index in [9.17, 15) is 0 Å². The van der Waals surface area contributed by atoms with E-state index in [1.807, 2.05) is 42.1 Å². The first-order valence-electron chi connectivity index (χ1n) is 8.43. The molecule has 4 heterocycles. The summed E-state index contributed by atoms with van der Waals surface area (Å²) in [5.41, 5.74) is 3.06. The number of fused-ring (bicyclic) bond motifs is 1. The summed E-state index contributed by atoms with van der Waals surface area (Å²) in [6, 6.07) is 9.90. The Morgan fingerprint density at radius 1 is 1.20 bits per heavy atom. The first-order valence-corrected chi connectivity index (χ1v) is 8.43. The van der Waals surface area contributed by atoms with Crippen molar-refractivity contribution in [1.29, 1.82) is 0 Å². The predicted octanol–water partition coefficient (Wildman–Crippen LogP) is 2.18. The first kappa shape index (κ1) is 16.0. The van der Waals surface area contributed by atoms with Crippen molar-refractivity contribution < 1.29 is 9.26 Å². The smallest absolute Gasteiger partial charge is 0.133 e. The SMILES string of the molecule is Cc1cc(CN2Cc3ccnn3C[C@@H](OCc3ccccn3)C2)no1. The van der Waals surface area contributed by atoms with Gasteiger partial charge in [-0.3, -0.25) is 14.6 Å². The van der Waals surface area contributed by atoms with Crippen LogP contribution in [0.3, 0.4) is 0 Å². The molecule has 1 aliphatic rings. The largest absolute Gasteiger partial charge is 0.369 e. The van der Waals surface area contributed by atoms with Crippen molar-refractivity contribution in [3.63, 3.8) is 0 Å². The maximum atomic E-state index is 6.14. The van der Waals surface area contributed by atoms with Crippen LogP contribution in [0.25, 0.3) is 0 Å². The second-order valence-electron chi connectivity index (χ2n) is 6.36. The van der Waals surface area contributed by atoms with Gasteiger partial charge in [-0.25, -0.2) is 0 Å². The number of hydrogen-bond donors (Lipinski definition) is 0. The average Bonchev–Trinajstić information content (AvgIpc) is 3.19. The second-order valence-corrected chi connectivity index (χ2v) is 6.36. The van der Waals surface area contributed by atoms with Crippen molar-refractivity contribution in [3.05, 3.63) is 65.6 Å². The van der Waals surface area contributed by atoms with Crippen LogP contribution >= 0.6 is 0 Å². The van der Waals surface area contributed by atoms with Gasteiger partial charge in [0.05, 0.1) is 36.3 Å². The van der Waals surface area contributed by atoms with E-state index in [4.69, 9.17) is 9.26 Å². The van der Waals surface area contributed by atoms with Crippen LogP contribution in [0.4, 0.5) is 0 Å². The Morgan fingerprint density at radius 2 is 2.16 bits per heavy atom. The molecule has 3 aromatic rings. The van der Waals surface area contributed by atoms with Crippen LogP contribution in [0.15, 0.2) is 47.2 Å². The topological polar surface area (TPSA) is 69.2 Å². The van der Waals surface area contributed by atoms with Gasteiger partial charge in [-0.15, -0.1) is 0 Å². The van der Waals surface area contributed by atoms with E-state index < -0.39 is 0 Å². The van der Waals surface area contributed by atoms with Gasteiger partial charge in [0.1, 0.15) is 5.76 Å². The van der Waals surface area contributed by atoms with Crippen LogP contribution in [0, 0.1) is 6.92 Å². The highest BCUT2D eigenvalue weighted by Gasteiger charge is 2.23. The fraction of sp³-hybridized carbons (Fsp3) is 0.389. The minimum absolute atomic E-state index is 0.0381. The van der Waals surface area contributed by atoms with Crippen molar-refractivity contribution in [2.75, 3.05) is 6.54 Å². The lowest BCUT2D eigenvalue weighted by atomic mass is 10.3. The highest BCUT2D eigenvalue weighted by molar-refractivity contribution is 5.07. The molecule has 0 aromatic carbocycles. The molecule has 0 N–H and O–H groups in total. The van der Waals surface area contributed by atoms with Crippen molar-refractivity contribution in [2.24, 2.45) is 0 Å². The maximum Gasteiger partial charge on any atom is 0.133 e. The molecule has 0 amide bonds. The number of rotatable bonds is 5. The highest BCUT2D eigenvalue weighted by Crippen LogP contribution is 2.17. The Balaban J connectivity index is 1.47. The molecule has 4 rings (SSSR count). The molecule has 0 fully saturated rings. The van der Waals surface area contributed by atoms with Gasteiger partial charge in [0.2, 0.25) is 0 Å². The Morgan fingerprint density at radius 3 is 2.96 bits per heavy atom. The fourth-order valence-electron chi connectivity index (χ4n) is 3.13. The van der Waals surface area contributed by atoms with Crippen LogP contribution in [0.1, 0.15) is 22.8 Å². The van der Waals surface area contributed by atoms with Gasteiger partial charge >= 0.3 is 0 Å². The molecule has 0 radical (unpaired) electrons. The van der Waals surface area contributed by atoms with Gasteiger partial charge < -0.3 is 9.26 Å². The quantitative estimate of drug-likeness (QED) is 0.710. The lowest BCUT2D eigenvalue weighted by Crippen LogP contribution is -2.32. The van der Waals surface area contributed by atoms with Crippen molar-refractivity contribution >= 4 is 0 Å². The van der Waals surface area contributed by atoms with Crippen LogP contribution in [-0.4, -0.2) is 37.5 Å². The molecular weight excluding hydrogens is 318 g/mol. The molecular formula is C18H21N5O2. The lowest BCUT2D eigenvalue weighted by molar-refractivity contribution is 0.00544. The molecule has 0 saturated heterocycles. The molecule has 1 atom stereocenters. The second kappa shape index (κ2) is 7.16. The monoisotopic (exact) mass is 339 g/mol. The molecule has 3 aromatic heterocycles. The molecule has 25 heavy (non-hydrogen) atoms. The van der Waals surface area contributed by atoms with E-state index in [0.717, 1.165) is 43.3 Å². The van der Waals surface area contributed by atoms with Gasteiger partial charge in [0, 0.05) is 38.1 Å². The standard InChI is InChI=1S/C18H21N5O2/c1-14-8-16(21-25-14)9-22-10-17-5-7-20-23(17)12-18(11-22)24-13-15-4-2-3-6-19-15/h2-8,18H,9-13H2,1H3/t18-/m0/s1. The van der Waals surface area contributed by atoms with Gasteiger partial charge in [-0.05, 0) is 25.1 Å². The van der Waals surface area contributed by atoms with Gasteiger partial charge in [-0.2, -0.15) is 5.10 Å². The maximum absolute atomic E-state index is 6.14. The lowest BCUT2D eigenvalue weighted by Gasteiger charge is -2.23. The zero-order chi connectivity index (χ0) is 17.1. The minimum Gasteiger partial charge on any atom is -0.369 e. The Bertz CT molecular complexity index is 814. The summed E-state index contributed by atoms with van der Waals surface area (Å²) in [6.07, 6.45) is 3.67. The molecule has 0 spiro atoms. The molecule has 0 bridgehead atoms. The van der Waals surface area contributed by atoms with E-state index in [1.165, 1.54) is 5.69 Å². The van der Waals surface area contributed by atoms with E-state index in [0.29, 0.717) is 6.61 Å². The predicted molar refractivity (Wildman–Crippen MR) is 90.4 cm³/mol. The normalized spacial score (nSPS) is 18.0. The van der Waals surface area contributed by atoms with E-state index >= 15 is 0 Å². The summed E-state index contributed by atoms with van der Waals surface area (Å²) in [5.74, 6) is 0.831. The summed E-state index contributed by atoms with van der Waals surface area (Å²) in [7, 11) is 0. The molecule has 1 aliphatic heterocycles. The number of hydrogen-bond acceptors (Lipinski definition) is 6. The Labute approximate surface area is 146 Å². The third kappa shape index (κ3) is 3.94. The Kier molecular flexibility index (Phi) is 4.58. The molecule has 7 nitrogen and oxygen atoms in total. The number of nitrogens with zero attached hydrogens (tertiary/aromatic N) is 5. The first-order chi connectivity index (χ1) is 12.3. The van der Waals surface area contributed by atoms with Crippen LogP contribution in [-0.2, 0) is 31.0 Å². The van der Waals surface area contributed by atoms with E-state index in [-0.39, 0.29) is 6.10 Å². The van der Waals surface area contributed by atoms with Crippen molar-refractivity contribution in [1.82, 2.24) is 24.8 Å². The molecule has 0 saturated carbocycles. The van der Waals surface area contributed by atoms with E-state index in [1.54, 1.807) is 6.20 Å². The molecule has 0 aliphatic carbocycles. The summed E-state index contributed by atoms with van der Waals surface area (Å²) < 4.78 is 13.4. The van der Waals surface area contributed by atoms with Crippen LogP contribution < -0.4 is 0 Å². The fourth-order valence-corrected chi connectivity index (χ4v) is 3.13. The van der Waals surface area contributed by atoms with Gasteiger partial charge in [0.15, 0.2) is 0 Å². The number of aromatic nitrogens is 4. The zero-order valence-corrected chi connectivity index (χ0v) is 14.2. The van der Waals surface area contributed by atoms with Gasteiger partial charge in [0.25, 0.3) is 0 Å². The molecule has 0 unspecified atom stereocenters.